The topological polar surface area (TPSA) is 12.0 Å². The zero-order valence-electron chi connectivity index (χ0n) is 11.4. The highest BCUT2D eigenvalue weighted by Gasteiger charge is 2.11. The average molecular weight is 254 g/mol. The third-order valence-corrected chi connectivity index (χ3v) is 3.21. The lowest BCUT2D eigenvalue weighted by molar-refractivity contribution is 0.372. The van der Waals surface area contributed by atoms with E-state index in [1.165, 1.54) is 12.0 Å². The summed E-state index contributed by atoms with van der Waals surface area (Å²) in [4.78, 5) is 0. The van der Waals surface area contributed by atoms with Crippen LogP contribution in [-0.4, -0.2) is 12.1 Å². The maximum absolute atomic E-state index is 6.14. The lowest BCUT2D eigenvalue weighted by Gasteiger charge is -2.23. The van der Waals surface area contributed by atoms with Gasteiger partial charge >= 0.3 is 0 Å². The van der Waals surface area contributed by atoms with Crippen molar-refractivity contribution >= 4 is 11.6 Å². The Hall–Kier alpha value is -0.530. The molecule has 0 aromatic heterocycles. The highest BCUT2D eigenvalue weighted by atomic mass is 35.5. The van der Waals surface area contributed by atoms with Crippen molar-refractivity contribution in [3.8, 4) is 0 Å². The zero-order valence-corrected chi connectivity index (χ0v) is 12.1. The van der Waals surface area contributed by atoms with Gasteiger partial charge in [0.05, 0.1) is 0 Å². The van der Waals surface area contributed by atoms with E-state index in [-0.39, 0.29) is 5.54 Å². The van der Waals surface area contributed by atoms with Gasteiger partial charge in [-0.25, -0.2) is 0 Å². The van der Waals surface area contributed by atoms with Crippen molar-refractivity contribution in [3.05, 3.63) is 34.9 Å². The first-order valence-electron chi connectivity index (χ1n) is 6.37. The summed E-state index contributed by atoms with van der Waals surface area (Å²) >= 11 is 6.14. The first kappa shape index (κ1) is 14.5. The molecule has 0 bridgehead atoms. The van der Waals surface area contributed by atoms with E-state index in [1.54, 1.807) is 0 Å². The van der Waals surface area contributed by atoms with E-state index >= 15 is 0 Å². The van der Waals surface area contributed by atoms with E-state index in [0.717, 1.165) is 18.0 Å². The Bertz CT molecular complexity index is 341. The Morgan fingerprint density at radius 2 is 1.88 bits per heavy atom. The van der Waals surface area contributed by atoms with Gasteiger partial charge in [-0.1, -0.05) is 36.7 Å². The lowest BCUT2D eigenvalue weighted by atomic mass is 9.99. The molecule has 0 aliphatic carbocycles. The third-order valence-electron chi connectivity index (χ3n) is 2.85. The third kappa shape index (κ3) is 6.09. The molecule has 0 aliphatic heterocycles. The summed E-state index contributed by atoms with van der Waals surface area (Å²) in [5, 5.41) is 4.43. The fraction of sp³-hybridized carbons (Fsp3) is 0.600. The molecule has 0 amide bonds. The van der Waals surface area contributed by atoms with E-state index in [0.29, 0.717) is 5.92 Å². The van der Waals surface area contributed by atoms with E-state index in [9.17, 15) is 0 Å². The van der Waals surface area contributed by atoms with Gasteiger partial charge in [0.2, 0.25) is 0 Å². The summed E-state index contributed by atoms with van der Waals surface area (Å²) in [6.07, 6.45) is 2.24. The summed E-state index contributed by atoms with van der Waals surface area (Å²) in [5.74, 6) is 0.672. The van der Waals surface area contributed by atoms with Crippen LogP contribution in [-0.2, 0) is 6.42 Å². The lowest BCUT2D eigenvalue weighted by Crippen LogP contribution is -2.38. The molecule has 1 aromatic carbocycles. The minimum absolute atomic E-state index is 0.207. The fourth-order valence-electron chi connectivity index (χ4n) is 1.69. The highest BCUT2D eigenvalue weighted by molar-refractivity contribution is 6.31. The Labute approximate surface area is 111 Å². The standard InChI is InChI=1S/C15H24ClN/c1-12(11-17-15(2,3)4)9-10-13-7-5-6-8-14(13)16/h5-8,12,17H,9-11H2,1-4H3. The fourth-order valence-corrected chi connectivity index (χ4v) is 1.92. The molecule has 1 rings (SSSR count). The number of nitrogens with one attached hydrogen (secondary N) is 1. The van der Waals surface area contributed by atoms with Crippen LogP contribution in [0.1, 0.15) is 39.7 Å². The van der Waals surface area contributed by atoms with E-state index in [4.69, 9.17) is 11.6 Å². The van der Waals surface area contributed by atoms with Gasteiger partial charge in [0.1, 0.15) is 0 Å². The molecule has 0 aliphatic rings. The van der Waals surface area contributed by atoms with Crippen molar-refractivity contribution in [2.75, 3.05) is 6.54 Å². The predicted molar refractivity (Wildman–Crippen MR) is 76.7 cm³/mol. The van der Waals surface area contributed by atoms with Crippen molar-refractivity contribution < 1.29 is 0 Å². The van der Waals surface area contributed by atoms with Gasteiger partial charge in [0.25, 0.3) is 0 Å². The minimum Gasteiger partial charge on any atom is -0.312 e. The van der Waals surface area contributed by atoms with Crippen molar-refractivity contribution in [2.24, 2.45) is 5.92 Å². The zero-order chi connectivity index (χ0) is 12.9. The van der Waals surface area contributed by atoms with Crippen LogP contribution in [0, 0.1) is 5.92 Å². The maximum atomic E-state index is 6.14. The van der Waals surface area contributed by atoms with Crippen molar-refractivity contribution in [1.82, 2.24) is 5.32 Å². The SMILES string of the molecule is CC(CCc1ccccc1Cl)CNC(C)(C)C. The van der Waals surface area contributed by atoms with Crippen LogP contribution < -0.4 is 5.32 Å². The smallest absolute Gasteiger partial charge is 0.0437 e. The largest absolute Gasteiger partial charge is 0.312 e. The minimum atomic E-state index is 0.207. The van der Waals surface area contributed by atoms with Crippen LogP contribution in [0.2, 0.25) is 5.02 Å². The second-order valence-electron chi connectivity index (χ2n) is 5.87. The summed E-state index contributed by atoms with van der Waals surface area (Å²) in [5.41, 5.74) is 1.47. The van der Waals surface area contributed by atoms with Gasteiger partial charge < -0.3 is 5.32 Å². The van der Waals surface area contributed by atoms with E-state index < -0.39 is 0 Å². The van der Waals surface area contributed by atoms with Crippen molar-refractivity contribution in [2.45, 2.75) is 46.1 Å². The molecule has 0 saturated carbocycles. The summed E-state index contributed by atoms with van der Waals surface area (Å²) in [6.45, 7) is 9.96. The monoisotopic (exact) mass is 253 g/mol. The van der Waals surface area contributed by atoms with Crippen molar-refractivity contribution in [1.29, 1.82) is 0 Å². The first-order valence-corrected chi connectivity index (χ1v) is 6.75. The number of aryl methyl sites for hydroxylation is 1. The summed E-state index contributed by atoms with van der Waals surface area (Å²) < 4.78 is 0. The van der Waals surface area contributed by atoms with Gasteiger partial charge in [0.15, 0.2) is 0 Å². The summed E-state index contributed by atoms with van der Waals surface area (Å²) in [6, 6.07) is 8.12. The van der Waals surface area contributed by atoms with Gasteiger partial charge in [0, 0.05) is 10.6 Å². The molecule has 1 atom stereocenters. The molecule has 0 saturated heterocycles. The Balaban J connectivity index is 2.34. The Kier molecular flexibility index (Phi) is 5.48. The molecule has 0 radical (unpaired) electrons. The molecule has 2 heteroatoms. The van der Waals surface area contributed by atoms with Crippen LogP contribution in [0.25, 0.3) is 0 Å². The average Bonchev–Trinajstić information content (AvgIpc) is 2.24. The molecule has 96 valence electrons. The maximum Gasteiger partial charge on any atom is 0.0437 e. The molecular formula is C15H24ClN. The van der Waals surface area contributed by atoms with Gasteiger partial charge in [-0.05, 0) is 57.7 Å². The van der Waals surface area contributed by atoms with Crippen LogP contribution in [0.5, 0.6) is 0 Å². The molecule has 1 N–H and O–H groups in total. The van der Waals surface area contributed by atoms with Crippen LogP contribution in [0.3, 0.4) is 0 Å². The second-order valence-corrected chi connectivity index (χ2v) is 6.27. The normalized spacial score (nSPS) is 13.7. The van der Waals surface area contributed by atoms with E-state index in [2.05, 4.69) is 45.1 Å². The second kappa shape index (κ2) is 6.42. The van der Waals surface area contributed by atoms with Gasteiger partial charge in [-0.15, -0.1) is 0 Å². The molecule has 0 fully saturated rings. The van der Waals surface area contributed by atoms with Crippen LogP contribution in [0.15, 0.2) is 24.3 Å². The molecule has 0 heterocycles. The Morgan fingerprint density at radius 3 is 2.47 bits per heavy atom. The molecule has 1 nitrogen and oxygen atoms in total. The Morgan fingerprint density at radius 1 is 1.24 bits per heavy atom. The highest BCUT2D eigenvalue weighted by Crippen LogP contribution is 2.18. The molecular weight excluding hydrogens is 230 g/mol. The van der Waals surface area contributed by atoms with Crippen LogP contribution in [0.4, 0.5) is 0 Å². The molecule has 0 spiro atoms. The van der Waals surface area contributed by atoms with Crippen molar-refractivity contribution in [3.63, 3.8) is 0 Å². The van der Waals surface area contributed by atoms with Crippen LogP contribution >= 0.6 is 11.6 Å². The number of halogens is 1. The molecule has 17 heavy (non-hydrogen) atoms. The molecule has 1 aromatic rings. The number of benzene rings is 1. The quantitative estimate of drug-likeness (QED) is 0.825. The number of hydrogen-bond donors (Lipinski definition) is 1. The van der Waals surface area contributed by atoms with Gasteiger partial charge in [-0.3, -0.25) is 0 Å². The van der Waals surface area contributed by atoms with E-state index in [1.807, 2.05) is 12.1 Å². The summed E-state index contributed by atoms with van der Waals surface area (Å²) in [7, 11) is 0. The molecule has 1 unspecified atom stereocenters. The predicted octanol–water partition coefficient (Wildman–Crippen LogP) is 4.30. The van der Waals surface area contributed by atoms with Gasteiger partial charge in [-0.2, -0.15) is 0 Å². The number of hydrogen-bond acceptors (Lipinski definition) is 1. The number of rotatable bonds is 5. The first-order chi connectivity index (χ1) is 7.88.